The molecule has 106 valence electrons. The summed E-state index contributed by atoms with van der Waals surface area (Å²) in [6, 6.07) is 7.36. The predicted molar refractivity (Wildman–Crippen MR) is 65.7 cm³/mol. The van der Waals surface area contributed by atoms with Gasteiger partial charge in [0.2, 0.25) is 0 Å². The second kappa shape index (κ2) is 7.54. The summed E-state index contributed by atoms with van der Waals surface area (Å²) in [5.41, 5.74) is 3.29. The molecule has 0 aliphatic heterocycles. The molecule has 1 aromatic carbocycles. The van der Waals surface area contributed by atoms with Gasteiger partial charge >= 0.3 is 12.1 Å². The first-order valence-corrected chi connectivity index (χ1v) is 5.08. The van der Waals surface area contributed by atoms with Gasteiger partial charge in [0.25, 0.3) is 0 Å². The highest BCUT2D eigenvalue weighted by atomic mass is 32.1. The van der Waals surface area contributed by atoms with Crippen LogP contribution in [-0.2, 0) is 4.79 Å². The van der Waals surface area contributed by atoms with E-state index in [2.05, 4.69) is 5.43 Å². The zero-order chi connectivity index (χ0) is 15.1. The van der Waals surface area contributed by atoms with Crippen molar-refractivity contribution in [2.24, 2.45) is 5.84 Å². The second-order valence-corrected chi connectivity index (χ2v) is 3.41. The Hall–Kier alpha value is -1.87. The van der Waals surface area contributed by atoms with Crippen LogP contribution in [0, 0.1) is 0 Å². The maximum atomic E-state index is 10.6. The Morgan fingerprint density at radius 1 is 1.37 bits per heavy atom. The zero-order valence-corrected chi connectivity index (χ0v) is 10.5. The van der Waals surface area contributed by atoms with E-state index in [9.17, 15) is 13.2 Å². The molecule has 0 spiro atoms. The number of hydrazine groups is 1. The molecule has 0 unspecified atom stereocenters. The van der Waals surface area contributed by atoms with Crippen molar-refractivity contribution in [2.75, 3.05) is 7.11 Å². The normalized spacial score (nSPS) is 9.95. The summed E-state index contributed by atoms with van der Waals surface area (Å²) in [7, 11) is 1.62. The fourth-order valence-electron chi connectivity index (χ4n) is 0.826. The maximum Gasteiger partial charge on any atom is 0.490 e. The molecule has 1 rings (SSSR count). The molecule has 0 fully saturated rings. The number of nitrogens with two attached hydrogens (primary N) is 1. The number of hydrogen-bond acceptors (Lipinski definition) is 4. The van der Waals surface area contributed by atoms with E-state index in [0.29, 0.717) is 4.99 Å². The average Bonchev–Trinajstić information content (AvgIpc) is 2.37. The standard InChI is InChI=1S/C8H10N2OS.C2HF3O2/c1-11-7-4-2-6(3-5-7)8(12)10-9;3-2(4,5)1(6)7/h2-5H,9H2,1H3,(H,10,12);(H,6,7). The fraction of sp³-hybridized carbons (Fsp3) is 0.200. The Morgan fingerprint density at radius 2 is 1.79 bits per heavy atom. The van der Waals surface area contributed by atoms with Gasteiger partial charge < -0.3 is 15.3 Å². The van der Waals surface area contributed by atoms with Crippen LogP contribution in [0.15, 0.2) is 24.3 Å². The molecule has 5 nitrogen and oxygen atoms in total. The Morgan fingerprint density at radius 3 is 2.05 bits per heavy atom. The van der Waals surface area contributed by atoms with Crippen molar-refractivity contribution >= 4 is 23.2 Å². The van der Waals surface area contributed by atoms with Crippen LogP contribution in [0.2, 0.25) is 0 Å². The third-order valence-corrected chi connectivity index (χ3v) is 2.08. The molecular weight excluding hydrogens is 285 g/mol. The van der Waals surface area contributed by atoms with Crippen molar-refractivity contribution in [2.45, 2.75) is 6.18 Å². The lowest BCUT2D eigenvalue weighted by atomic mass is 10.2. The monoisotopic (exact) mass is 296 g/mol. The molecule has 0 heterocycles. The lowest BCUT2D eigenvalue weighted by molar-refractivity contribution is -0.192. The van der Waals surface area contributed by atoms with Gasteiger partial charge in [-0.2, -0.15) is 13.2 Å². The Labute approximate surface area is 112 Å². The number of alkyl halides is 3. The maximum absolute atomic E-state index is 10.6. The van der Waals surface area contributed by atoms with Crippen LogP contribution in [0.3, 0.4) is 0 Å². The topological polar surface area (TPSA) is 84.6 Å². The molecule has 0 amide bonds. The molecule has 1 aromatic rings. The van der Waals surface area contributed by atoms with Crippen LogP contribution >= 0.6 is 12.2 Å². The van der Waals surface area contributed by atoms with Gasteiger partial charge in [-0.3, -0.25) is 0 Å². The fourth-order valence-corrected chi connectivity index (χ4v) is 0.962. The van der Waals surface area contributed by atoms with E-state index in [4.69, 9.17) is 32.7 Å². The summed E-state index contributed by atoms with van der Waals surface area (Å²) in [5, 5.41) is 7.12. The average molecular weight is 296 g/mol. The van der Waals surface area contributed by atoms with Gasteiger partial charge in [0, 0.05) is 5.56 Å². The van der Waals surface area contributed by atoms with Crippen molar-refractivity contribution in [1.82, 2.24) is 5.43 Å². The van der Waals surface area contributed by atoms with Gasteiger partial charge in [-0.25, -0.2) is 10.6 Å². The first-order valence-electron chi connectivity index (χ1n) is 4.67. The molecule has 4 N–H and O–H groups in total. The first-order chi connectivity index (χ1) is 8.72. The minimum atomic E-state index is -5.08. The van der Waals surface area contributed by atoms with Crippen LogP contribution in [0.4, 0.5) is 13.2 Å². The number of thiocarbonyl (C=S) groups is 1. The van der Waals surface area contributed by atoms with Crippen molar-refractivity contribution in [1.29, 1.82) is 0 Å². The highest BCUT2D eigenvalue weighted by molar-refractivity contribution is 7.80. The van der Waals surface area contributed by atoms with Gasteiger partial charge in [-0.05, 0) is 24.3 Å². The molecule has 0 aromatic heterocycles. The third kappa shape index (κ3) is 6.58. The molecule has 0 saturated heterocycles. The number of nitrogens with one attached hydrogen (secondary N) is 1. The molecule has 0 saturated carbocycles. The summed E-state index contributed by atoms with van der Waals surface area (Å²) >= 11 is 4.92. The van der Waals surface area contributed by atoms with Crippen molar-refractivity contribution in [3.63, 3.8) is 0 Å². The van der Waals surface area contributed by atoms with E-state index in [-0.39, 0.29) is 0 Å². The molecule has 0 atom stereocenters. The number of benzene rings is 1. The minimum Gasteiger partial charge on any atom is -0.497 e. The number of ether oxygens (including phenoxy) is 1. The van der Waals surface area contributed by atoms with Crippen molar-refractivity contribution < 1.29 is 27.8 Å². The Balaban J connectivity index is 0.000000399. The number of aliphatic carboxylic acids is 1. The van der Waals surface area contributed by atoms with Crippen molar-refractivity contribution in [3.05, 3.63) is 29.8 Å². The van der Waals surface area contributed by atoms with Crippen LogP contribution in [0.25, 0.3) is 0 Å². The lowest BCUT2D eigenvalue weighted by Gasteiger charge is -2.03. The van der Waals surface area contributed by atoms with Gasteiger partial charge in [-0.1, -0.05) is 12.2 Å². The molecule has 0 aliphatic carbocycles. The molecular formula is C10H11F3N2O3S. The van der Waals surface area contributed by atoms with E-state index in [1.165, 1.54) is 0 Å². The first kappa shape index (κ1) is 17.1. The summed E-state index contributed by atoms with van der Waals surface area (Å²) < 4.78 is 36.7. The van der Waals surface area contributed by atoms with E-state index < -0.39 is 12.1 Å². The second-order valence-electron chi connectivity index (χ2n) is 3.00. The molecule has 0 bridgehead atoms. The minimum absolute atomic E-state index is 0.526. The van der Waals surface area contributed by atoms with Crippen LogP contribution in [-0.4, -0.2) is 29.4 Å². The van der Waals surface area contributed by atoms with Gasteiger partial charge in [-0.15, -0.1) is 0 Å². The molecule has 0 radical (unpaired) electrons. The smallest absolute Gasteiger partial charge is 0.490 e. The number of carboxylic acid groups (broad SMARTS) is 1. The van der Waals surface area contributed by atoms with Gasteiger partial charge in [0.1, 0.15) is 10.7 Å². The van der Waals surface area contributed by atoms with Gasteiger partial charge in [0.05, 0.1) is 7.11 Å². The highest BCUT2D eigenvalue weighted by Crippen LogP contribution is 2.13. The van der Waals surface area contributed by atoms with Gasteiger partial charge in [0.15, 0.2) is 0 Å². The predicted octanol–water partition coefficient (Wildman–Crippen LogP) is 1.47. The zero-order valence-electron chi connectivity index (χ0n) is 9.69. The molecule has 9 heteroatoms. The lowest BCUT2D eigenvalue weighted by Crippen LogP contribution is -2.28. The number of carbonyl (C=O) groups is 1. The summed E-state index contributed by atoms with van der Waals surface area (Å²) in [4.78, 5) is 9.42. The SMILES string of the molecule is COc1ccc(C(=S)NN)cc1.O=C(O)C(F)(F)F. The van der Waals surface area contributed by atoms with Crippen LogP contribution in [0.1, 0.15) is 5.56 Å². The number of halogens is 3. The number of methoxy groups -OCH3 is 1. The Kier molecular flexibility index (Phi) is 6.80. The van der Waals surface area contributed by atoms with Crippen molar-refractivity contribution in [3.8, 4) is 5.75 Å². The van der Waals surface area contributed by atoms with E-state index in [1.807, 2.05) is 24.3 Å². The number of carboxylic acids is 1. The third-order valence-electron chi connectivity index (χ3n) is 1.73. The number of hydrogen-bond donors (Lipinski definition) is 3. The Bertz CT molecular complexity index is 435. The molecule has 0 aliphatic rings. The molecule has 19 heavy (non-hydrogen) atoms. The quantitative estimate of drug-likeness (QED) is 0.435. The summed E-state index contributed by atoms with van der Waals surface area (Å²) in [6.45, 7) is 0. The van der Waals surface area contributed by atoms with E-state index in [1.54, 1.807) is 7.11 Å². The largest absolute Gasteiger partial charge is 0.497 e. The summed E-state index contributed by atoms with van der Waals surface area (Å²) in [6.07, 6.45) is -5.08. The number of rotatable bonds is 2. The highest BCUT2D eigenvalue weighted by Gasteiger charge is 2.38. The van der Waals surface area contributed by atoms with Crippen LogP contribution in [0.5, 0.6) is 5.75 Å². The van der Waals surface area contributed by atoms with Crippen LogP contribution < -0.4 is 16.0 Å². The summed E-state index contributed by atoms with van der Waals surface area (Å²) in [5.74, 6) is 3.20. The van der Waals surface area contributed by atoms with E-state index >= 15 is 0 Å². The van der Waals surface area contributed by atoms with E-state index in [0.717, 1.165) is 11.3 Å².